The smallest absolute Gasteiger partial charge is 0.195 e. The number of likely N-dealkylation sites (tertiary alicyclic amines) is 1. The first-order valence-electron chi connectivity index (χ1n) is 9.29. The summed E-state index contributed by atoms with van der Waals surface area (Å²) < 4.78 is 2.02. The van der Waals surface area contributed by atoms with Gasteiger partial charge in [0.05, 0.1) is 0 Å². The number of hydrogen-bond donors (Lipinski definition) is 0. The van der Waals surface area contributed by atoms with E-state index in [4.69, 9.17) is 0 Å². The number of nitrogens with zero attached hydrogens (tertiary/aromatic N) is 4. The third-order valence-corrected chi connectivity index (χ3v) is 5.11. The Bertz CT molecular complexity index is 903. The van der Waals surface area contributed by atoms with Crippen molar-refractivity contribution < 1.29 is 4.79 Å². The van der Waals surface area contributed by atoms with Crippen LogP contribution in [0.25, 0.3) is 11.2 Å². The van der Waals surface area contributed by atoms with Gasteiger partial charge in [-0.3, -0.25) is 9.69 Å². The Morgan fingerprint density at radius 1 is 1.19 bits per heavy atom. The Kier molecular flexibility index (Phi) is 4.80. The predicted molar refractivity (Wildman–Crippen MR) is 102 cm³/mol. The van der Waals surface area contributed by atoms with Crippen LogP contribution >= 0.6 is 0 Å². The molecule has 1 fully saturated rings. The van der Waals surface area contributed by atoms with Crippen molar-refractivity contribution in [3.8, 4) is 0 Å². The van der Waals surface area contributed by atoms with Crippen LogP contribution in [0, 0.1) is 5.92 Å². The van der Waals surface area contributed by atoms with E-state index in [9.17, 15) is 4.79 Å². The van der Waals surface area contributed by atoms with E-state index in [2.05, 4.69) is 45.2 Å². The number of ketones is 1. The van der Waals surface area contributed by atoms with Crippen molar-refractivity contribution in [1.82, 2.24) is 19.4 Å². The lowest BCUT2D eigenvalue weighted by atomic mass is 9.97. The lowest BCUT2D eigenvalue weighted by Gasteiger charge is -2.33. The Morgan fingerprint density at radius 3 is 2.85 bits per heavy atom. The van der Waals surface area contributed by atoms with Gasteiger partial charge in [-0.15, -0.1) is 0 Å². The van der Waals surface area contributed by atoms with E-state index >= 15 is 0 Å². The fourth-order valence-electron chi connectivity index (χ4n) is 3.94. The number of benzene rings is 1. The lowest BCUT2D eigenvalue weighted by molar-refractivity contribution is 0.0995. The molecule has 0 radical (unpaired) electrons. The average molecular weight is 348 g/mol. The van der Waals surface area contributed by atoms with E-state index in [0.717, 1.165) is 37.3 Å². The third-order valence-electron chi connectivity index (χ3n) is 5.11. The molecule has 0 amide bonds. The molecule has 0 bridgehead atoms. The molecule has 134 valence electrons. The maximum absolute atomic E-state index is 12.1. The molecule has 2 aromatic heterocycles. The number of piperidine rings is 1. The molecule has 5 heteroatoms. The highest BCUT2D eigenvalue weighted by Gasteiger charge is 2.23. The summed E-state index contributed by atoms with van der Waals surface area (Å²) in [6, 6.07) is 14.4. The van der Waals surface area contributed by atoms with Gasteiger partial charge in [-0.25, -0.2) is 9.97 Å². The molecular formula is C21H24N4O. The lowest BCUT2D eigenvalue weighted by Crippen LogP contribution is -2.36. The second kappa shape index (κ2) is 7.38. The number of pyridine rings is 1. The van der Waals surface area contributed by atoms with Crippen LogP contribution in [0.5, 0.6) is 0 Å². The summed E-state index contributed by atoms with van der Waals surface area (Å²) in [6.45, 7) is 5.54. The standard InChI is InChI=1S/C21H24N4O/c1-16(26)20-23-19-10-5-11-22-21(19)25(20)15-18-9-6-12-24(14-18)13-17-7-3-2-4-8-17/h2-5,7-8,10-11,18H,6,9,12-15H2,1H3. The Labute approximate surface area is 153 Å². The molecule has 26 heavy (non-hydrogen) atoms. The Morgan fingerprint density at radius 2 is 2.04 bits per heavy atom. The molecule has 0 aliphatic carbocycles. The zero-order valence-corrected chi connectivity index (χ0v) is 15.1. The number of Topliss-reactive ketones (excluding diaryl/α,β-unsaturated/α-hetero) is 1. The number of carbonyl (C=O) groups is 1. The van der Waals surface area contributed by atoms with Crippen LogP contribution in [-0.4, -0.2) is 38.3 Å². The van der Waals surface area contributed by atoms with Crippen LogP contribution in [-0.2, 0) is 13.1 Å². The summed E-state index contributed by atoms with van der Waals surface area (Å²) in [5, 5.41) is 0. The molecule has 1 unspecified atom stereocenters. The first-order chi connectivity index (χ1) is 12.7. The van der Waals surface area contributed by atoms with Crippen LogP contribution in [0.1, 0.15) is 35.9 Å². The van der Waals surface area contributed by atoms with Gasteiger partial charge in [-0.05, 0) is 43.0 Å². The molecule has 5 nitrogen and oxygen atoms in total. The van der Waals surface area contributed by atoms with Gasteiger partial charge in [0, 0.05) is 32.8 Å². The Hall–Kier alpha value is -2.53. The van der Waals surface area contributed by atoms with Crippen molar-refractivity contribution >= 4 is 16.9 Å². The molecule has 1 atom stereocenters. The van der Waals surface area contributed by atoms with Gasteiger partial charge < -0.3 is 4.57 Å². The average Bonchev–Trinajstić information content (AvgIpc) is 3.02. The van der Waals surface area contributed by atoms with Crippen molar-refractivity contribution in [1.29, 1.82) is 0 Å². The number of fused-ring (bicyclic) bond motifs is 1. The summed E-state index contributed by atoms with van der Waals surface area (Å²) in [5.74, 6) is 1.03. The third kappa shape index (κ3) is 3.53. The zero-order chi connectivity index (χ0) is 17.9. The molecule has 1 aliphatic rings. The van der Waals surface area contributed by atoms with E-state index < -0.39 is 0 Å². The SMILES string of the molecule is CC(=O)c1nc2cccnc2n1CC1CCCN(Cc2ccccc2)C1. The normalized spacial score (nSPS) is 18.3. The molecule has 1 saturated heterocycles. The van der Waals surface area contributed by atoms with Crippen molar-refractivity contribution in [3.05, 3.63) is 60.0 Å². The first kappa shape index (κ1) is 16.9. The number of imidazole rings is 1. The van der Waals surface area contributed by atoms with Gasteiger partial charge in [0.2, 0.25) is 0 Å². The fraction of sp³-hybridized carbons (Fsp3) is 0.381. The number of rotatable bonds is 5. The van der Waals surface area contributed by atoms with Crippen LogP contribution in [0.2, 0.25) is 0 Å². The number of hydrogen-bond acceptors (Lipinski definition) is 4. The monoisotopic (exact) mass is 348 g/mol. The quantitative estimate of drug-likeness (QED) is 0.662. The minimum absolute atomic E-state index is 0.0000453. The van der Waals surface area contributed by atoms with E-state index in [0.29, 0.717) is 11.7 Å². The van der Waals surface area contributed by atoms with Crippen LogP contribution in [0.3, 0.4) is 0 Å². The van der Waals surface area contributed by atoms with Crippen molar-refractivity contribution in [2.45, 2.75) is 32.9 Å². The molecule has 3 heterocycles. The maximum Gasteiger partial charge on any atom is 0.195 e. The van der Waals surface area contributed by atoms with Crippen LogP contribution in [0.15, 0.2) is 48.7 Å². The summed E-state index contributed by atoms with van der Waals surface area (Å²) in [6.07, 6.45) is 4.13. The van der Waals surface area contributed by atoms with E-state index in [-0.39, 0.29) is 5.78 Å². The van der Waals surface area contributed by atoms with E-state index in [1.807, 2.05) is 16.7 Å². The molecule has 4 rings (SSSR count). The van der Waals surface area contributed by atoms with Gasteiger partial charge in [0.1, 0.15) is 5.52 Å². The Balaban J connectivity index is 1.53. The minimum atomic E-state index is -0.0000453. The topological polar surface area (TPSA) is 51.0 Å². The summed E-state index contributed by atoms with van der Waals surface area (Å²) >= 11 is 0. The van der Waals surface area contributed by atoms with Gasteiger partial charge in [-0.2, -0.15) is 0 Å². The van der Waals surface area contributed by atoms with Gasteiger partial charge in [-0.1, -0.05) is 30.3 Å². The fourth-order valence-corrected chi connectivity index (χ4v) is 3.94. The van der Waals surface area contributed by atoms with Gasteiger partial charge >= 0.3 is 0 Å². The number of carbonyl (C=O) groups excluding carboxylic acids is 1. The molecule has 1 aromatic carbocycles. The van der Waals surface area contributed by atoms with Gasteiger partial charge in [0.25, 0.3) is 0 Å². The summed E-state index contributed by atoms with van der Waals surface area (Å²) in [7, 11) is 0. The molecule has 0 N–H and O–H groups in total. The van der Waals surface area contributed by atoms with E-state index in [1.54, 1.807) is 13.1 Å². The first-order valence-corrected chi connectivity index (χ1v) is 9.29. The maximum atomic E-state index is 12.1. The van der Waals surface area contributed by atoms with Crippen LogP contribution in [0.4, 0.5) is 0 Å². The second-order valence-corrected chi connectivity index (χ2v) is 7.18. The largest absolute Gasteiger partial charge is 0.306 e. The van der Waals surface area contributed by atoms with Gasteiger partial charge in [0.15, 0.2) is 17.3 Å². The highest BCUT2D eigenvalue weighted by atomic mass is 16.1. The van der Waals surface area contributed by atoms with Crippen molar-refractivity contribution in [3.63, 3.8) is 0 Å². The predicted octanol–water partition coefficient (Wildman–Crippen LogP) is 3.55. The molecule has 0 saturated carbocycles. The summed E-state index contributed by atoms with van der Waals surface area (Å²) in [4.78, 5) is 23.6. The highest BCUT2D eigenvalue weighted by Crippen LogP contribution is 2.23. The van der Waals surface area contributed by atoms with Crippen molar-refractivity contribution in [2.24, 2.45) is 5.92 Å². The number of aromatic nitrogens is 3. The highest BCUT2D eigenvalue weighted by molar-refractivity contribution is 5.94. The van der Waals surface area contributed by atoms with Crippen molar-refractivity contribution in [2.75, 3.05) is 13.1 Å². The minimum Gasteiger partial charge on any atom is -0.306 e. The van der Waals surface area contributed by atoms with E-state index in [1.165, 1.54) is 18.4 Å². The second-order valence-electron chi connectivity index (χ2n) is 7.18. The molecule has 1 aliphatic heterocycles. The zero-order valence-electron chi connectivity index (χ0n) is 15.1. The van der Waals surface area contributed by atoms with Crippen LogP contribution < -0.4 is 0 Å². The summed E-state index contributed by atoms with van der Waals surface area (Å²) in [5.41, 5.74) is 2.97. The molecule has 0 spiro atoms. The molecule has 3 aromatic rings. The molecular weight excluding hydrogens is 324 g/mol.